The third-order valence-corrected chi connectivity index (χ3v) is 6.83. The second kappa shape index (κ2) is 12.5. The molecule has 1 heterocycles. The maximum Gasteiger partial charge on any atom is 0.250 e. The zero-order chi connectivity index (χ0) is 27.1. The highest BCUT2D eigenvalue weighted by molar-refractivity contribution is 9.10. The van der Waals surface area contributed by atoms with Gasteiger partial charge < -0.3 is 19.3 Å². The third-order valence-electron chi connectivity index (χ3n) is 5.30. The molecule has 2 N–H and O–H groups in total. The van der Waals surface area contributed by atoms with E-state index in [9.17, 15) is 9.90 Å². The summed E-state index contributed by atoms with van der Waals surface area (Å²) in [6.45, 7) is 0. The first-order valence-corrected chi connectivity index (χ1v) is 13.0. The van der Waals surface area contributed by atoms with E-state index in [-0.39, 0.29) is 23.2 Å². The number of thioether (sulfide) groups is 1. The number of para-hydroxylation sites is 1. The summed E-state index contributed by atoms with van der Waals surface area (Å²) in [7, 11) is 4.60. The Hall–Kier alpha value is -4.03. The van der Waals surface area contributed by atoms with Gasteiger partial charge in [0.05, 0.1) is 37.8 Å². The topological polar surface area (TPSA) is 120 Å². The predicted octanol–water partition coefficient (Wildman–Crippen LogP) is 4.67. The molecule has 0 spiro atoms. The number of nitrogens with zero attached hydrogens (tertiary/aromatic N) is 4. The van der Waals surface area contributed by atoms with Crippen LogP contribution in [-0.4, -0.2) is 59.1 Å². The van der Waals surface area contributed by atoms with Crippen molar-refractivity contribution in [2.75, 3.05) is 27.1 Å². The maximum atomic E-state index is 12.5. The molecule has 0 unspecified atom stereocenters. The Morgan fingerprint density at radius 1 is 1.03 bits per heavy atom. The number of hydrogen-bond donors (Lipinski definition) is 2. The van der Waals surface area contributed by atoms with Gasteiger partial charge in [0.15, 0.2) is 34.0 Å². The van der Waals surface area contributed by atoms with Crippen LogP contribution >= 0.6 is 27.7 Å². The fourth-order valence-corrected chi connectivity index (χ4v) is 4.70. The van der Waals surface area contributed by atoms with Crippen LogP contribution in [0.2, 0.25) is 0 Å². The third kappa shape index (κ3) is 6.09. The minimum Gasteiger partial charge on any atom is -0.503 e. The summed E-state index contributed by atoms with van der Waals surface area (Å²) < 4.78 is 18.3. The highest BCUT2D eigenvalue weighted by Crippen LogP contribution is 2.35. The van der Waals surface area contributed by atoms with E-state index in [0.29, 0.717) is 32.5 Å². The number of rotatable bonds is 10. The number of aromatic nitrogens is 3. The first-order valence-electron chi connectivity index (χ1n) is 11.2. The lowest BCUT2D eigenvalue weighted by Crippen LogP contribution is -2.20. The Labute approximate surface area is 231 Å². The van der Waals surface area contributed by atoms with Gasteiger partial charge in [-0.3, -0.25) is 9.36 Å². The van der Waals surface area contributed by atoms with Crippen LogP contribution in [0, 0.1) is 0 Å². The molecule has 3 aromatic carbocycles. The van der Waals surface area contributed by atoms with Crippen LogP contribution in [-0.2, 0) is 4.79 Å². The van der Waals surface area contributed by atoms with Crippen LogP contribution in [0.15, 0.2) is 75.4 Å². The number of carbonyl (C=O) groups is 1. The zero-order valence-corrected chi connectivity index (χ0v) is 23.1. The Morgan fingerprint density at radius 3 is 2.47 bits per heavy atom. The fraction of sp³-hybridized carbons (Fsp3) is 0.154. The summed E-state index contributed by atoms with van der Waals surface area (Å²) in [5.74, 6) is 1.76. The number of phenols is 1. The van der Waals surface area contributed by atoms with Gasteiger partial charge in [-0.1, -0.05) is 30.0 Å². The van der Waals surface area contributed by atoms with E-state index < -0.39 is 0 Å². The number of nitrogens with one attached hydrogen (secondary N) is 1. The average molecular weight is 598 g/mol. The van der Waals surface area contributed by atoms with Crippen molar-refractivity contribution >= 4 is 39.8 Å². The molecule has 38 heavy (non-hydrogen) atoms. The van der Waals surface area contributed by atoms with Gasteiger partial charge >= 0.3 is 0 Å². The first kappa shape index (κ1) is 27.0. The first-order chi connectivity index (χ1) is 18.4. The molecular formula is C26H24BrN5O5S. The van der Waals surface area contributed by atoms with E-state index in [1.54, 1.807) is 32.4 Å². The van der Waals surface area contributed by atoms with Crippen molar-refractivity contribution < 1.29 is 24.1 Å². The van der Waals surface area contributed by atoms with Crippen molar-refractivity contribution in [3.8, 4) is 40.1 Å². The monoisotopic (exact) mass is 597 g/mol. The van der Waals surface area contributed by atoms with Crippen molar-refractivity contribution in [2.24, 2.45) is 5.10 Å². The van der Waals surface area contributed by atoms with E-state index in [4.69, 9.17) is 14.2 Å². The number of methoxy groups -OCH3 is 3. The number of phenolic OH excluding ortho intramolecular Hbond substituents is 1. The van der Waals surface area contributed by atoms with Gasteiger partial charge in [-0.25, -0.2) is 5.43 Å². The van der Waals surface area contributed by atoms with Crippen molar-refractivity contribution in [3.05, 3.63) is 70.7 Å². The zero-order valence-electron chi connectivity index (χ0n) is 20.7. The van der Waals surface area contributed by atoms with E-state index in [0.717, 1.165) is 11.3 Å². The van der Waals surface area contributed by atoms with E-state index in [1.165, 1.54) is 25.1 Å². The predicted molar refractivity (Wildman–Crippen MR) is 149 cm³/mol. The van der Waals surface area contributed by atoms with Gasteiger partial charge in [-0.05, 0) is 64.0 Å². The van der Waals surface area contributed by atoms with Gasteiger partial charge in [-0.15, -0.1) is 10.2 Å². The molecule has 0 bridgehead atoms. The molecule has 0 fully saturated rings. The van der Waals surface area contributed by atoms with Gasteiger partial charge in [0.2, 0.25) is 0 Å². The molecule has 10 nitrogen and oxygen atoms in total. The molecule has 1 aromatic heterocycles. The average Bonchev–Trinajstić information content (AvgIpc) is 3.37. The number of hydrogen-bond acceptors (Lipinski definition) is 9. The molecule has 12 heteroatoms. The highest BCUT2D eigenvalue weighted by atomic mass is 79.9. The summed E-state index contributed by atoms with van der Waals surface area (Å²) in [5, 5.41) is 23.2. The molecule has 4 rings (SSSR count). The minimum atomic E-state index is -0.327. The van der Waals surface area contributed by atoms with E-state index in [2.05, 4.69) is 36.7 Å². The normalized spacial score (nSPS) is 10.9. The number of ether oxygens (including phenoxy) is 3. The van der Waals surface area contributed by atoms with E-state index in [1.807, 2.05) is 47.0 Å². The molecule has 0 atom stereocenters. The Bertz CT molecular complexity index is 1460. The lowest BCUT2D eigenvalue weighted by atomic mass is 10.2. The number of hydrazone groups is 1. The number of benzene rings is 3. The molecule has 0 aliphatic rings. The van der Waals surface area contributed by atoms with Crippen LogP contribution in [0.3, 0.4) is 0 Å². The number of amides is 1. The van der Waals surface area contributed by atoms with Crippen LogP contribution in [0.1, 0.15) is 5.56 Å². The standard InChI is InChI=1S/C26H24BrN5O5S/c1-35-20-10-9-17(13-21(20)36-2)25-30-31-26(32(25)18-7-5-4-6-8-18)38-15-23(33)29-28-14-16-11-19(27)24(34)22(12-16)37-3/h4-14,34H,15H2,1-3H3,(H,29,33)/b28-14-. The van der Waals surface area contributed by atoms with Crippen LogP contribution < -0.4 is 19.6 Å². The summed E-state index contributed by atoms with van der Waals surface area (Å²) in [6, 6.07) is 18.4. The lowest BCUT2D eigenvalue weighted by Gasteiger charge is -2.12. The van der Waals surface area contributed by atoms with Crippen molar-refractivity contribution in [3.63, 3.8) is 0 Å². The van der Waals surface area contributed by atoms with Gasteiger partial charge in [0.1, 0.15) is 0 Å². The SMILES string of the molecule is COc1ccc(-c2nnc(SCC(=O)N/N=C\c3cc(Br)c(O)c(OC)c3)n2-c2ccccc2)cc1OC. The van der Waals surface area contributed by atoms with Crippen LogP contribution in [0.5, 0.6) is 23.0 Å². The Balaban J connectivity index is 1.52. The summed E-state index contributed by atoms with van der Waals surface area (Å²) in [5.41, 5.74) is 4.75. The molecule has 1 amide bonds. The van der Waals surface area contributed by atoms with Crippen LogP contribution in [0.4, 0.5) is 0 Å². The molecule has 196 valence electrons. The smallest absolute Gasteiger partial charge is 0.250 e. The number of carbonyl (C=O) groups excluding carboxylic acids is 1. The second-order valence-electron chi connectivity index (χ2n) is 7.68. The molecular weight excluding hydrogens is 574 g/mol. The maximum absolute atomic E-state index is 12.5. The van der Waals surface area contributed by atoms with Gasteiger partial charge in [0, 0.05) is 11.3 Å². The van der Waals surface area contributed by atoms with Crippen molar-refractivity contribution in [2.45, 2.75) is 5.16 Å². The Kier molecular flexibility index (Phi) is 8.87. The summed E-state index contributed by atoms with van der Waals surface area (Å²) in [6.07, 6.45) is 1.46. The van der Waals surface area contributed by atoms with Crippen molar-refractivity contribution in [1.82, 2.24) is 20.2 Å². The molecule has 0 radical (unpaired) electrons. The van der Waals surface area contributed by atoms with Gasteiger partial charge in [0.25, 0.3) is 5.91 Å². The number of aromatic hydroxyl groups is 1. The second-order valence-corrected chi connectivity index (χ2v) is 9.48. The summed E-state index contributed by atoms with van der Waals surface area (Å²) >= 11 is 4.49. The lowest BCUT2D eigenvalue weighted by molar-refractivity contribution is -0.118. The van der Waals surface area contributed by atoms with Gasteiger partial charge in [-0.2, -0.15) is 5.10 Å². The molecule has 0 saturated carbocycles. The highest BCUT2D eigenvalue weighted by Gasteiger charge is 2.19. The van der Waals surface area contributed by atoms with Crippen LogP contribution in [0.25, 0.3) is 17.1 Å². The quantitative estimate of drug-likeness (QED) is 0.154. The van der Waals surface area contributed by atoms with E-state index >= 15 is 0 Å². The molecule has 0 aliphatic heterocycles. The Morgan fingerprint density at radius 2 is 1.76 bits per heavy atom. The van der Waals surface area contributed by atoms with Crippen molar-refractivity contribution in [1.29, 1.82) is 0 Å². The fourth-order valence-electron chi connectivity index (χ4n) is 3.50. The molecule has 0 aliphatic carbocycles. The largest absolute Gasteiger partial charge is 0.503 e. The number of halogens is 1. The molecule has 0 saturated heterocycles. The minimum absolute atomic E-state index is 0.0138. The summed E-state index contributed by atoms with van der Waals surface area (Å²) in [4.78, 5) is 12.5. The molecule has 4 aromatic rings.